The Balaban J connectivity index is 1.23. The lowest BCUT2D eigenvalue weighted by Gasteiger charge is -2.22. The molecule has 0 N–H and O–H groups in total. The van der Waals surface area contributed by atoms with Gasteiger partial charge in [0.1, 0.15) is 11.3 Å². The average molecular weight is 575 g/mol. The average Bonchev–Trinajstić information content (AvgIpc) is 3.43. The molecule has 3 nitrogen and oxygen atoms in total. The number of fused-ring (bicyclic) bond motifs is 7. The van der Waals surface area contributed by atoms with Gasteiger partial charge in [-0.05, 0) is 103 Å². The second kappa shape index (κ2) is 9.04. The van der Waals surface area contributed by atoms with Gasteiger partial charge in [-0.1, -0.05) is 109 Å². The molecule has 45 heavy (non-hydrogen) atoms. The SMILES string of the molecule is Cc1nc2cccc3c2n1-c1ccc(-c2c4ccccc4c(-c4ccc5c(ccc6ccccc65)c4)c4ccccc24)cc1O3. The van der Waals surface area contributed by atoms with Crippen LogP contribution < -0.4 is 4.74 Å². The monoisotopic (exact) mass is 574 g/mol. The normalized spacial score (nSPS) is 12.3. The van der Waals surface area contributed by atoms with Crippen molar-refractivity contribution in [2.24, 2.45) is 0 Å². The van der Waals surface area contributed by atoms with Crippen LogP contribution in [0.4, 0.5) is 0 Å². The molecule has 2 heterocycles. The Bertz CT molecular complexity index is 2640. The summed E-state index contributed by atoms with van der Waals surface area (Å²) in [6.45, 7) is 2.06. The fourth-order valence-electron chi connectivity index (χ4n) is 7.56. The van der Waals surface area contributed by atoms with Crippen LogP contribution in [0.3, 0.4) is 0 Å². The third-order valence-electron chi connectivity index (χ3n) is 9.48. The molecule has 0 aliphatic carbocycles. The predicted octanol–water partition coefficient (Wildman–Crippen LogP) is 11.4. The second-order valence-corrected chi connectivity index (χ2v) is 12.0. The summed E-state index contributed by atoms with van der Waals surface area (Å²) in [6, 6.07) is 50.4. The molecule has 9 aromatic rings. The summed E-state index contributed by atoms with van der Waals surface area (Å²) in [7, 11) is 0. The van der Waals surface area contributed by atoms with E-state index in [-0.39, 0.29) is 0 Å². The standard InChI is InChI=1S/C42H26N2O/c1-25-43-36-15-8-16-38-42(36)44(25)37-22-20-29(24-39(37)45-38)41-34-13-6-4-11-32(34)40(33-12-5-7-14-35(33)41)28-19-21-31-27(23-28)18-17-26-9-2-3-10-30(26)31/h2-24H,1H3. The summed E-state index contributed by atoms with van der Waals surface area (Å²) < 4.78 is 8.77. The Hall–Kier alpha value is -5.93. The second-order valence-electron chi connectivity index (χ2n) is 12.0. The molecule has 1 aliphatic heterocycles. The number of hydrogen-bond acceptors (Lipinski definition) is 2. The van der Waals surface area contributed by atoms with E-state index in [9.17, 15) is 0 Å². The number of aryl methyl sites for hydroxylation is 1. The zero-order valence-corrected chi connectivity index (χ0v) is 24.6. The van der Waals surface area contributed by atoms with Gasteiger partial charge in [-0.15, -0.1) is 0 Å². The van der Waals surface area contributed by atoms with E-state index >= 15 is 0 Å². The summed E-state index contributed by atoms with van der Waals surface area (Å²) in [6.07, 6.45) is 0. The molecule has 0 radical (unpaired) electrons. The molecule has 0 fully saturated rings. The number of nitrogens with zero attached hydrogens (tertiary/aromatic N) is 2. The van der Waals surface area contributed by atoms with Gasteiger partial charge < -0.3 is 4.74 Å². The number of rotatable bonds is 2. The minimum absolute atomic E-state index is 0.840. The maximum Gasteiger partial charge on any atom is 0.153 e. The van der Waals surface area contributed by atoms with Crippen LogP contribution in [0.25, 0.3) is 82.1 Å². The van der Waals surface area contributed by atoms with Crippen LogP contribution >= 0.6 is 0 Å². The van der Waals surface area contributed by atoms with Gasteiger partial charge in [0, 0.05) is 0 Å². The minimum atomic E-state index is 0.840. The Morgan fingerprint density at radius 2 is 1.09 bits per heavy atom. The number of para-hydroxylation sites is 1. The van der Waals surface area contributed by atoms with Crippen molar-refractivity contribution in [3.05, 3.63) is 145 Å². The quantitative estimate of drug-likeness (QED) is 0.152. The van der Waals surface area contributed by atoms with E-state index in [1.165, 1.54) is 59.8 Å². The first kappa shape index (κ1) is 24.5. The number of ether oxygens (including phenoxy) is 1. The summed E-state index contributed by atoms with van der Waals surface area (Å²) in [5, 5.41) is 10.0. The maximum absolute atomic E-state index is 6.55. The topological polar surface area (TPSA) is 27.1 Å². The van der Waals surface area contributed by atoms with Gasteiger partial charge in [0.25, 0.3) is 0 Å². The van der Waals surface area contributed by atoms with E-state index < -0.39 is 0 Å². The Kier molecular flexibility index (Phi) is 4.92. The van der Waals surface area contributed by atoms with Crippen LogP contribution in [0.15, 0.2) is 140 Å². The van der Waals surface area contributed by atoms with Gasteiger partial charge in [-0.2, -0.15) is 0 Å². The first-order chi connectivity index (χ1) is 22.2. The molecule has 0 bridgehead atoms. The van der Waals surface area contributed by atoms with Crippen molar-refractivity contribution < 1.29 is 4.74 Å². The van der Waals surface area contributed by atoms with Gasteiger partial charge >= 0.3 is 0 Å². The van der Waals surface area contributed by atoms with Crippen molar-refractivity contribution in [3.63, 3.8) is 0 Å². The van der Waals surface area contributed by atoms with Gasteiger partial charge in [0.05, 0.1) is 11.2 Å². The van der Waals surface area contributed by atoms with Gasteiger partial charge in [-0.3, -0.25) is 4.57 Å². The van der Waals surface area contributed by atoms with E-state index in [2.05, 4.69) is 133 Å². The molecule has 10 rings (SSSR count). The number of benzene rings is 8. The lowest BCUT2D eigenvalue weighted by atomic mass is 9.85. The summed E-state index contributed by atoms with van der Waals surface area (Å²) >= 11 is 0. The number of hydrogen-bond donors (Lipinski definition) is 0. The largest absolute Gasteiger partial charge is 0.453 e. The molecule has 0 saturated carbocycles. The van der Waals surface area contributed by atoms with Crippen LogP contribution in [0.2, 0.25) is 0 Å². The van der Waals surface area contributed by atoms with Crippen LogP contribution in [-0.4, -0.2) is 9.55 Å². The van der Waals surface area contributed by atoms with E-state index in [0.717, 1.165) is 39.6 Å². The highest BCUT2D eigenvalue weighted by atomic mass is 16.5. The van der Waals surface area contributed by atoms with Crippen molar-refractivity contribution >= 4 is 54.1 Å². The molecule has 3 heteroatoms. The highest BCUT2D eigenvalue weighted by Gasteiger charge is 2.24. The Morgan fingerprint density at radius 1 is 0.489 bits per heavy atom. The van der Waals surface area contributed by atoms with Crippen LogP contribution in [0.1, 0.15) is 5.82 Å². The molecule has 1 aliphatic rings. The lowest BCUT2D eigenvalue weighted by molar-refractivity contribution is 0.475. The van der Waals surface area contributed by atoms with Crippen molar-refractivity contribution in [3.8, 4) is 39.4 Å². The van der Waals surface area contributed by atoms with E-state index in [0.29, 0.717) is 0 Å². The Labute approximate surface area is 259 Å². The van der Waals surface area contributed by atoms with Crippen molar-refractivity contribution in [1.29, 1.82) is 0 Å². The fraction of sp³-hybridized carbons (Fsp3) is 0.0238. The molecule has 0 spiro atoms. The molecule has 0 saturated heterocycles. The molecular weight excluding hydrogens is 548 g/mol. The van der Waals surface area contributed by atoms with E-state index in [1.807, 2.05) is 18.2 Å². The molecule has 1 aromatic heterocycles. The zero-order chi connectivity index (χ0) is 29.6. The first-order valence-corrected chi connectivity index (χ1v) is 15.4. The zero-order valence-electron chi connectivity index (χ0n) is 24.6. The Morgan fingerprint density at radius 3 is 1.82 bits per heavy atom. The van der Waals surface area contributed by atoms with Crippen LogP contribution in [0, 0.1) is 6.92 Å². The molecule has 0 unspecified atom stereocenters. The molecular formula is C42H26N2O. The molecule has 210 valence electrons. The summed E-state index contributed by atoms with van der Waals surface area (Å²) in [5.74, 6) is 2.64. The van der Waals surface area contributed by atoms with E-state index in [4.69, 9.17) is 9.72 Å². The van der Waals surface area contributed by atoms with Crippen molar-refractivity contribution in [2.45, 2.75) is 6.92 Å². The molecule has 0 amide bonds. The van der Waals surface area contributed by atoms with Gasteiger partial charge in [-0.25, -0.2) is 4.98 Å². The summed E-state index contributed by atoms with van der Waals surface area (Å²) in [5.41, 5.74) is 7.83. The highest BCUT2D eigenvalue weighted by Crippen LogP contribution is 2.47. The van der Waals surface area contributed by atoms with Gasteiger partial charge in [0.2, 0.25) is 0 Å². The first-order valence-electron chi connectivity index (χ1n) is 15.4. The van der Waals surface area contributed by atoms with Crippen molar-refractivity contribution in [1.82, 2.24) is 9.55 Å². The van der Waals surface area contributed by atoms with E-state index in [1.54, 1.807) is 0 Å². The lowest BCUT2D eigenvalue weighted by Crippen LogP contribution is -2.05. The molecule has 0 atom stereocenters. The number of imidazole rings is 1. The molecule has 8 aromatic carbocycles. The minimum Gasteiger partial charge on any atom is -0.453 e. The smallest absolute Gasteiger partial charge is 0.153 e. The van der Waals surface area contributed by atoms with Gasteiger partial charge in [0.15, 0.2) is 11.5 Å². The summed E-state index contributed by atoms with van der Waals surface area (Å²) in [4.78, 5) is 4.80. The van der Waals surface area contributed by atoms with Crippen molar-refractivity contribution in [2.75, 3.05) is 0 Å². The maximum atomic E-state index is 6.55. The third kappa shape index (κ3) is 3.44. The highest BCUT2D eigenvalue weighted by molar-refractivity contribution is 6.22. The van der Waals surface area contributed by atoms with Crippen LogP contribution in [0.5, 0.6) is 11.5 Å². The number of aromatic nitrogens is 2. The van der Waals surface area contributed by atoms with Crippen LogP contribution in [-0.2, 0) is 0 Å². The predicted molar refractivity (Wildman–Crippen MR) is 187 cm³/mol. The third-order valence-corrected chi connectivity index (χ3v) is 9.48. The fourth-order valence-corrected chi connectivity index (χ4v) is 7.56.